The highest BCUT2D eigenvalue weighted by Crippen LogP contribution is 2.35. The predicted molar refractivity (Wildman–Crippen MR) is 98.5 cm³/mol. The summed E-state index contributed by atoms with van der Waals surface area (Å²) in [6.45, 7) is 4.48. The van der Waals surface area contributed by atoms with Crippen LogP contribution >= 0.6 is 0 Å². The third-order valence-corrected chi connectivity index (χ3v) is 4.65. The molecule has 1 aliphatic heterocycles. The zero-order valence-corrected chi connectivity index (χ0v) is 15.2. The molecule has 2 N–H and O–H groups in total. The predicted octanol–water partition coefficient (Wildman–Crippen LogP) is 1.44. The van der Waals surface area contributed by atoms with Crippen molar-refractivity contribution < 1.29 is 9.47 Å². The van der Waals surface area contributed by atoms with E-state index in [1.54, 1.807) is 25.8 Å². The Balaban J connectivity index is 1.99. The van der Waals surface area contributed by atoms with E-state index in [0.717, 1.165) is 41.3 Å². The second kappa shape index (κ2) is 7.29. The van der Waals surface area contributed by atoms with Crippen LogP contribution in [0.25, 0.3) is 11.1 Å². The van der Waals surface area contributed by atoms with Gasteiger partial charge < -0.3 is 24.7 Å². The molecule has 2 aromatic rings. The lowest BCUT2D eigenvalue weighted by Crippen LogP contribution is -2.55. The van der Waals surface area contributed by atoms with Gasteiger partial charge in [-0.2, -0.15) is 0 Å². The van der Waals surface area contributed by atoms with E-state index in [1.807, 2.05) is 31.3 Å². The van der Waals surface area contributed by atoms with E-state index < -0.39 is 0 Å². The van der Waals surface area contributed by atoms with Crippen LogP contribution in [0.1, 0.15) is 11.1 Å². The lowest BCUT2D eigenvalue weighted by Gasteiger charge is -2.28. The third-order valence-electron chi connectivity index (χ3n) is 4.65. The van der Waals surface area contributed by atoms with Gasteiger partial charge in [0.1, 0.15) is 11.5 Å². The molecule has 0 spiro atoms. The van der Waals surface area contributed by atoms with Crippen molar-refractivity contribution in [2.45, 2.75) is 19.5 Å². The van der Waals surface area contributed by atoms with Crippen molar-refractivity contribution in [1.82, 2.24) is 15.2 Å². The molecule has 6 nitrogen and oxygen atoms in total. The molecule has 1 aliphatic rings. The molecule has 0 radical (unpaired) electrons. The number of rotatable bonds is 6. The minimum Gasteiger partial charge on any atom is -0.496 e. The summed E-state index contributed by atoms with van der Waals surface area (Å²) in [6, 6.07) is 6.38. The standard InChI is InChI=1S/C19H25N3O3/c1-12-5-14(11-22(2)19(12)23)13-6-17(24-3)16(18(7-13)25-4)10-21-15-8-20-9-15/h5-7,11,15,20-21H,8-10H2,1-4H3. The minimum absolute atomic E-state index is 0.0117. The van der Waals surface area contributed by atoms with Gasteiger partial charge in [-0.1, -0.05) is 0 Å². The summed E-state index contributed by atoms with van der Waals surface area (Å²) in [5.41, 5.74) is 3.64. The molecule has 25 heavy (non-hydrogen) atoms. The van der Waals surface area contributed by atoms with Crippen molar-refractivity contribution in [3.8, 4) is 22.6 Å². The number of nitrogens with one attached hydrogen (secondary N) is 2. The molecule has 1 aromatic carbocycles. The number of pyridine rings is 1. The Labute approximate surface area is 147 Å². The molecule has 1 fully saturated rings. The molecular formula is C19H25N3O3. The van der Waals surface area contributed by atoms with Crippen LogP contribution in [0.4, 0.5) is 0 Å². The van der Waals surface area contributed by atoms with Crippen molar-refractivity contribution in [2.75, 3.05) is 27.3 Å². The van der Waals surface area contributed by atoms with Crippen LogP contribution in [-0.4, -0.2) is 37.9 Å². The van der Waals surface area contributed by atoms with Gasteiger partial charge in [0.15, 0.2) is 0 Å². The Kier molecular flexibility index (Phi) is 5.11. The third kappa shape index (κ3) is 3.55. The lowest BCUT2D eigenvalue weighted by atomic mass is 10.0. The van der Waals surface area contributed by atoms with Crippen LogP contribution in [0.15, 0.2) is 29.2 Å². The molecule has 6 heteroatoms. The van der Waals surface area contributed by atoms with Crippen LogP contribution in [0, 0.1) is 6.92 Å². The molecule has 0 saturated carbocycles. The van der Waals surface area contributed by atoms with Gasteiger partial charge in [-0.3, -0.25) is 4.79 Å². The number of aromatic nitrogens is 1. The Morgan fingerprint density at radius 3 is 2.28 bits per heavy atom. The normalized spacial score (nSPS) is 14.2. The van der Waals surface area contributed by atoms with Gasteiger partial charge in [0.05, 0.1) is 14.2 Å². The number of methoxy groups -OCH3 is 2. The molecule has 1 saturated heterocycles. The summed E-state index contributed by atoms with van der Waals surface area (Å²) in [6.07, 6.45) is 1.83. The number of hydrogen-bond donors (Lipinski definition) is 2. The summed E-state index contributed by atoms with van der Waals surface area (Å²) in [7, 11) is 5.09. The summed E-state index contributed by atoms with van der Waals surface area (Å²) in [5, 5.41) is 6.75. The van der Waals surface area contributed by atoms with E-state index in [9.17, 15) is 4.79 Å². The molecule has 2 heterocycles. The maximum atomic E-state index is 11.9. The molecule has 0 unspecified atom stereocenters. The van der Waals surface area contributed by atoms with Crippen molar-refractivity contribution in [1.29, 1.82) is 0 Å². The fourth-order valence-electron chi connectivity index (χ4n) is 3.04. The van der Waals surface area contributed by atoms with Gasteiger partial charge in [0, 0.05) is 50.0 Å². The lowest BCUT2D eigenvalue weighted by molar-refractivity contribution is 0.349. The highest BCUT2D eigenvalue weighted by molar-refractivity contribution is 5.69. The topological polar surface area (TPSA) is 64.5 Å². The van der Waals surface area contributed by atoms with E-state index >= 15 is 0 Å². The first-order chi connectivity index (χ1) is 12.0. The number of nitrogens with zero attached hydrogens (tertiary/aromatic N) is 1. The van der Waals surface area contributed by atoms with Crippen LogP contribution in [-0.2, 0) is 13.6 Å². The van der Waals surface area contributed by atoms with Gasteiger partial charge in [-0.25, -0.2) is 0 Å². The van der Waals surface area contributed by atoms with Gasteiger partial charge in [-0.15, -0.1) is 0 Å². The van der Waals surface area contributed by atoms with Gasteiger partial charge in [0.25, 0.3) is 5.56 Å². The van der Waals surface area contributed by atoms with Crippen molar-refractivity contribution >= 4 is 0 Å². The number of ether oxygens (including phenoxy) is 2. The molecule has 1 aromatic heterocycles. The second-order valence-electron chi connectivity index (χ2n) is 6.42. The van der Waals surface area contributed by atoms with Crippen molar-refractivity contribution in [3.05, 3.63) is 45.9 Å². The van der Waals surface area contributed by atoms with Crippen molar-refractivity contribution in [2.24, 2.45) is 7.05 Å². The first kappa shape index (κ1) is 17.5. The van der Waals surface area contributed by atoms with Crippen LogP contribution in [0.2, 0.25) is 0 Å². The first-order valence-corrected chi connectivity index (χ1v) is 8.40. The van der Waals surface area contributed by atoms with E-state index in [0.29, 0.717) is 18.2 Å². The Hall–Kier alpha value is -2.31. The molecule has 0 bridgehead atoms. The highest BCUT2D eigenvalue weighted by atomic mass is 16.5. The summed E-state index contributed by atoms with van der Waals surface area (Å²) in [5.74, 6) is 1.56. The van der Waals surface area contributed by atoms with Gasteiger partial charge >= 0.3 is 0 Å². The Morgan fingerprint density at radius 2 is 1.80 bits per heavy atom. The minimum atomic E-state index is 0.0117. The van der Waals surface area contributed by atoms with E-state index in [-0.39, 0.29) is 5.56 Å². The largest absolute Gasteiger partial charge is 0.496 e. The maximum Gasteiger partial charge on any atom is 0.253 e. The number of benzene rings is 1. The Bertz CT molecular complexity index is 774. The Morgan fingerprint density at radius 1 is 1.16 bits per heavy atom. The van der Waals surface area contributed by atoms with Crippen LogP contribution in [0.3, 0.4) is 0 Å². The summed E-state index contributed by atoms with van der Waals surface area (Å²) >= 11 is 0. The first-order valence-electron chi connectivity index (χ1n) is 8.40. The average Bonchev–Trinajstić information content (AvgIpc) is 2.57. The second-order valence-corrected chi connectivity index (χ2v) is 6.42. The van der Waals surface area contributed by atoms with E-state index in [2.05, 4.69) is 10.6 Å². The maximum absolute atomic E-state index is 11.9. The molecule has 3 rings (SSSR count). The zero-order valence-electron chi connectivity index (χ0n) is 15.2. The van der Waals surface area contributed by atoms with Gasteiger partial charge in [0.2, 0.25) is 0 Å². The van der Waals surface area contributed by atoms with Gasteiger partial charge in [-0.05, 0) is 36.2 Å². The van der Waals surface area contributed by atoms with Crippen molar-refractivity contribution in [3.63, 3.8) is 0 Å². The number of hydrogen-bond acceptors (Lipinski definition) is 5. The average molecular weight is 343 g/mol. The zero-order chi connectivity index (χ0) is 18.0. The smallest absolute Gasteiger partial charge is 0.253 e. The molecule has 134 valence electrons. The molecule has 0 atom stereocenters. The van der Waals surface area contributed by atoms with E-state index in [1.165, 1.54) is 0 Å². The highest BCUT2D eigenvalue weighted by Gasteiger charge is 2.19. The molecule has 0 aliphatic carbocycles. The molecule has 0 amide bonds. The van der Waals surface area contributed by atoms with Crippen LogP contribution in [0.5, 0.6) is 11.5 Å². The summed E-state index contributed by atoms with van der Waals surface area (Å²) < 4.78 is 12.8. The van der Waals surface area contributed by atoms with E-state index in [4.69, 9.17) is 9.47 Å². The fraction of sp³-hybridized carbons (Fsp3) is 0.421. The fourth-order valence-corrected chi connectivity index (χ4v) is 3.04. The molecular weight excluding hydrogens is 318 g/mol. The summed E-state index contributed by atoms with van der Waals surface area (Å²) in [4.78, 5) is 11.9. The number of aryl methyl sites for hydroxylation is 2. The van der Waals surface area contributed by atoms with Crippen LogP contribution < -0.4 is 25.7 Å². The monoisotopic (exact) mass is 343 g/mol. The SMILES string of the molecule is COc1cc(-c2cc(C)c(=O)n(C)c2)cc(OC)c1CNC1CNC1. The quantitative estimate of drug-likeness (QED) is 0.831.